The monoisotopic (exact) mass is 508 g/mol. The van der Waals surface area contributed by atoms with E-state index in [4.69, 9.17) is 4.99 Å². The molecule has 8 heteroatoms. The quantitative estimate of drug-likeness (QED) is 0.323. The molecule has 0 aliphatic carbocycles. The first kappa shape index (κ1) is 24.3. The van der Waals surface area contributed by atoms with Crippen LogP contribution in [0.3, 0.4) is 0 Å². The Kier molecular flexibility index (Phi) is 6.74. The summed E-state index contributed by atoms with van der Waals surface area (Å²) in [6.07, 6.45) is 3.67. The van der Waals surface area contributed by atoms with E-state index in [-0.39, 0.29) is 18.0 Å². The highest BCUT2D eigenvalue weighted by molar-refractivity contribution is 8.18. The molecule has 0 spiro atoms. The molecule has 1 amide bonds. The van der Waals surface area contributed by atoms with Gasteiger partial charge in [-0.2, -0.15) is 0 Å². The highest BCUT2D eigenvalue weighted by Gasteiger charge is 2.34. The number of carbonyl (C=O) groups excluding carboxylic acids is 1. The van der Waals surface area contributed by atoms with Gasteiger partial charge in [0.15, 0.2) is 5.17 Å². The summed E-state index contributed by atoms with van der Waals surface area (Å²) in [6, 6.07) is 23.9. The number of benzene rings is 2. The predicted molar refractivity (Wildman–Crippen MR) is 146 cm³/mol. The highest BCUT2D eigenvalue weighted by Crippen LogP contribution is 2.36. The first-order valence-corrected chi connectivity index (χ1v) is 12.5. The number of thioether (sulfide) groups is 1. The second-order valence-corrected chi connectivity index (χ2v) is 9.59. The summed E-state index contributed by atoms with van der Waals surface area (Å²) < 4.78 is 2.07. The summed E-state index contributed by atoms with van der Waals surface area (Å²) in [5.74, 6) is -0.311. The number of hydrogen-bond acceptors (Lipinski definition) is 5. The van der Waals surface area contributed by atoms with E-state index in [0.29, 0.717) is 10.1 Å². The molecule has 0 bridgehead atoms. The van der Waals surface area contributed by atoms with E-state index in [1.807, 2.05) is 74.5 Å². The molecule has 2 aromatic heterocycles. The predicted octanol–water partition coefficient (Wildman–Crippen LogP) is 5.99. The third-order valence-corrected chi connectivity index (χ3v) is 7.05. The standard InChI is InChI=1S/C29H24N4O3S/c1-19-16-23(20(2)33(19)26-10-6-7-15-30-26)17-25-27(34)32(18-21-11-13-22(14-12-21)28(35)36)29(37-25)31-24-8-4-3-5-9-24/h3-17H,18H2,1-2H3,(H,35,36)/b25-17-,31-29?. The van der Waals surface area contributed by atoms with Gasteiger partial charge in [-0.25, -0.2) is 14.8 Å². The molecule has 1 saturated heterocycles. The van der Waals surface area contributed by atoms with Gasteiger partial charge in [-0.15, -0.1) is 0 Å². The van der Waals surface area contributed by atoms with E-state index < -0.39 is 5.97 Å². The lowest BCUT2D eigenvalue weighted by molar-refractivity contribution is -0.122. The van der Waals surface area contributed by atoms with E-state index in [2.05, 4.69) is 9.55 Å². The van der Waals surface area contributed by atoms with Crippen LogP contribution in [-0.4, -0.2) is 36.6 Å². The van der Waals surface area contributed by atoms with Crippen molar-refractivity contribution in [3.8, 4) is 5.82 Å². The van der Waals surface area contributed by atoms with Crippen LogP contribution in [0.4, 0.5) is 5.69 Å². The molecule has 0 saturated carbocycles. The molecular formula is C29H24N4O3S. The van der Waals surface area contributed by atoms with Crippen LogP contribution in [0.2, 0.25) is 0 Å². The third kappa shape index (κ3) is 5.10. The number of aromatic carboxylic acids is 1. The van der Waals surface area contributed by atoms with Gasteiger partial charge in [0.1, 0.15) is 5.82 Å². The Bertz CT molecular complexity index is 1520. The highest BCUT2D eigenvalue weighted by atomic mass is 32.2. The molecule has 0 unspecified atom stereocenters. The Morgan fingerprint density at radius 1 is 1.03 bits per heavy atom. The molecule has 3 heterocycles. The van der Waals surface area contributed by atoms with Gasteiger partial charge in [-0.3, -0.25) is 9.69 Å². The van der Waals surface area contributed by atoms with E-state index in [1.165, 1.54) is 11.8 Å². The average molecular weight is 509 g/mol. The fourth-order valence-electron chi connectivity index (χ4n) is 4.19. The van der Waals surface area contributed by atoms with Crippen LogP contribution < -0.4 is 0 Å². The lowest BCUT2D eigenvalue weighted by atomic mass is 10.1. The molecule has 1 fully saturated rings. The first-order valence-electron chi connectivity index (χ1n) is 11.7. The topological polar surface area (TPSA) is 87.8 Å². The Balaban J connectivity index is 1.51. The number of amides is 1. The molecule has 5 rings (SSSR count). The fraction of sp³-hybridized carbons (Fsp3) is 0.103. The minimum absolute atomic E-state index is 0.148. The molecular weight excluding hydrogens is 484 g/mol. The molecule has 1 aliphatic heterocycles. The Labute approximate surface area is 218 Å². The van der Waals surface area contributed by atoms with Crippen molar-refractivity contribution in [2.24, 2.45) is 4.99 Å². The number of amidine groups is 1. The van der Waals surface area contributed by atoms with E-state index in [9.17, 15) is 14.7 Å². The minimum Gasteiger partial charge on any atom is -0.478 e. The van der Waals surface area contributed by atoms with Gasteiger partial charge >= 0.3 is 5.97 Å². The molecule has 0 radical (unpaired) electrons. The summed E-state index contributed by atoms with van der Waals surface area (Å²) in [4.78, 5) is 36.3. The zero-order valence-corrected chi connectivity index (χ0v) is 21.1. The number of aromatic nitrogens is 2. The van der Waals surface area contributed by atoms with Crippen LogP contribution in [0.15, 0.2) is 95.0 Å². The Morgan fingerprint density at radius 3 is 2.43 bits per heavy atom. The van der Waals surface area contributed by atoms with Crippen LogP contribution in [0.5, 0.6) is 0 Å². The average Bonchev–Trinajstić information content (AvgIpc) is 3.35. The first-order chi connectivity index (χ1) is 17.9. The Morgan fingerprint density at radius 2 is 1.76 bits per heavy atom. The lowest BCUT2D eigenvalue weighted by Crippen LogP contribution is -2.28. The number of aryl methyl sites for hydroxylation is 1. The van der Waals surface area contributed by atoms with Crippen molar-refractivity contribution in [2.45, 2.75) is 20.4 Å². The van der Waals surface area contributed by atoms with Crippen molar-refractivity contribution < 1.29 is 14.7 Å². The summed E-state index contributed by atoms with van der Waals surface area (Å²) >= 11 is 1.33. The van der Waals surface area contributed by atoms with Crippen LogP contribution in [0, 0.1) is 13.8 Å². The van der Waals surface area contributed by atoms with Crippen molar-refractivity contribution in [2.75, 3.05) is 0 Å². The SMILES string of the molecule is Cc1cc(/C=C2\SC(=Nc3ccccc3)N(Cc3ccc(C(=O)O)cc3)C2=O)c(C)n1-c1ccccn1. The maximum atomic E-state index is 13.6. The number of carboxylic acids is 1. The Hall–Kier alpha value is -4.43. The van der Waals surface area contributed by atoms with Gasteiger partial charge in [0.25, 0.3) is 5.91 Å². The maximum absolute atomic E-state index is 13.6. The smallest absolute Gasteiger partial charge is 0.335 e. The van der Waals surface area contributed by atoms with Crippen LogP contribution >= 0.6 is 11.8 Å². The summed E-state index contributed by atoms with van der Waals surface area (Å²) in [5, 5.41) is 9.77. The molecule has 7 nitrogen and oxygen atoms in total. The van der Waals surface area contributed by atoms with E-state index in [1.54, 1.807) is 35.4 Å². The second kappa shape index (κ2) is 10.3. The molecule has 1 aliphatic rings. The van der Waals surface area contributed by atoms with Crippen molar-refractivity contribution in [1.29, 1.82) is 0 Å². The summed E-state index contributed by atoms with van der Waals surface area (Å²) in [5.41, 5.74) is 4.71. The minimum atomic E-state index is -0.987. The number of carbonyl (C=O) groups is 2. The van der Waals surface area contributed by atoms with Gasteiger partial charge < -0.3 is 9.67 Å². The normalized spacial score (nSPS) is 15.6. The number of hydrogen-bond donors (Lipinski definition) is 1. The number of carboxylic acid groups (broad SMARTS) is 1. The van der Waals surface area contributed by atoms with Crippen LogP contribution in [-0.2, 0) is 11.3 Å². The van der Waals surface area contributed by atoms with Gasteiger partial charge in [0, 0.05) is 17.6 Å². The number of aliphatic imine (C=N–C) groups is 1. The number of nitrogens with zero attached hydrogens (tertiary/aromatic N) is 4. The van der Waals surface area contributed by atoms with Crippen molar-refractivity contribution in [1.82, 2.24) is 14.5 Å². The molecule has 37 heavy (non-hydrogen) atoms. The van der Waals surface area contributed by atoms with Crippen LogP contribution in [0.1, 0.15) is 32.9 Å². The largest absolute Gasteiger partial charge is 0.478 e. The number of pyridine rings is 1. The van der Waals surface area contributed by atoms with Crippen molar-refractivity contribution >= 4 is 40.6 Å². The van der Waals surface area contributed by atoms with Crippen LogP contribution in [0.25, 0.3) is 11.9 Å². The molecule has 2 aromatic carbocycles. The van der Waals surface area contributed by atoms with Gasteiger partial charge in [-0.1, -0.05) is 36.4 Å². The van der Waals surface area contributed by atoms with Crippen molar-refractivity contribution in [3.05, 3.63) is 118 Å². The zero-order chi connectivity index (χ0) is 25.9. The fourth-order valence-corrected chi connectivity index (χ4v) is 5.18. The molecule has 184 valence electrons. The van der Waals surface area contributed by atoms with E-state index in [0.717, 1.165) is 34.0 Å². The van der Waals surface area contributed by atoms with Crippen molar-refractivity contribution in [3.63, 3.8) is 0 Å². The number of para-hydroxylation sites is 1. The summed E-state index contributed by atoms with van der Waals surface area (Å²) in [6.45, 7) is 4.31. The lowest BCUT2D eigenvalue weighted by Gasteiger charge is -2.16. The van der Waals surface area contributed by atoms with E-state index >= 15 is 0 Å². The molecule has 1 N–H and O–H groups in total. The molecule has 4 aromatic rings. The zero-order valence-electron chi connectivity index (χ0n) is 20.3. The maximum Gasteiger partial charge on any atom is 0.335 e. The van der Waals surface area contributed by atoms with Gasteiger partial charge in [-0.05, 0) is 85.3 Å². The molecule has 0 atom stereocenters. The van der Waals surface area contributed by atoms with Gasteiger partial charge in [0.05, 0.1) is 22.7 Å². The second-order valence-electron chi connectivity index (χ2n) is 8.58. The number of rotatable bonds is 6. The summed E-state index contributed by atoms with van der Waals surface area (Å²) in [7, 11) is 0. The third-order valence-electron chi connectivity index (χ3n) is 6.05. The van der Waals surface area contributed by atoms with Gasteiger partial charge in [0.2, 0.25) is 0 Å².